The second-order valence-corrected chi connectivity index (χ2v) is 5.57. The molecule has 1 aliphatic heterocycles. The molecule has 7 heteroatoms. The minimum absolute atomic E-state index is 0.0202. The largest absolute Gasteiger partial charge is 0.480 e. The Balaban J connectivity index is 2.35. The van der Waals surface area contributed by atoms with Crippen molar-refractivity contribution in [2.45, 2.75) is 43.3 Å². The Kier molecular flexibility index (Phi) is 4.12. The second-order valence-electron chi connectivity index (χ2n) is 4.05. The van der Waals surface area contributed by atoms with Crippen LogP contribution in [-0.4, -0.2) is 33.9 Å². The van der Waals surface area contributed by atoms with Crippen LogP contribution in [0.4, 0.5) is 13.2 Å². The maximum atomic E-state index is 11.9. The van der Waals surface area contributed by atoms with Gasteiger partial charge in [0.25, 0.3) is 0 Å². The molecule has 1 fully saturated rings. The number of hydrogen-bond donors (Lipinski definition) is 2. The first kappa shape index (κ1) is 13.6. The van der Waals surface area contributed by atoms with E-state index in [0.717, 1.165) is 0 Å². The number of rotatable bonds is 4. The lowest BCUT2D eigenvalue weighted by atomic mass is 10.1. The number of thioether (sulfide) groups is 1. The number of carbonyl (C=O) groups is 1. The van der Waals surface area contributed by atoms with Crippen molar-refractivity contribution in [1.29, 1.82) is 0 Å². The van der Waals surface area contributed by atoms with Crippen LogP contribution in [0.1, 0.15) is 26.2 Å². The normalized spacial score (nSPS) is 30.6. The van der Waals surface area contributed by atoms with E-state index in [9.17, 15) is 18.0 Å². The molecule has 1 unspecified atom stereocenters. The van der Waals surface area contributed by atoms with Gasteiger partial charge in [0, 0.05) is 12.2 Å². The summed E-state index contributed by atoms with van der Waals surface area (Å²) >= 11 is 1.37. The van der Waals surface area contributed by atoms with Gasteiger partial charge in [-0.1, -0.05) is 0 Å². The summed E-state index contributed by atoms with van der Waals surface area (Å²) in [6.45, 7) is 1.75. The molecule has 1 heterocycles. The van der Waals surface area contributed by atoms with E-state index in [1.54, 1.807) is 6.92 Å². The molecule has 0 saturated carbocycles. The van der Waals surface area contributed by atoms with Gasteiger partial charge in [-0.05, 0) is 19.8 Å². The lowest BCUT2D eigenvalue weighted by Gasteiger charge is -2.24. The Labute approximate surface area is 95.8 Å². The molecule has 94 valence electrons. The van der Waals surface area contributed by atoms with Crippen molar-refractivity contribution in [2.75, 3.05) is 5.75 Å². The van der Waals surface area contributed by atoms with Crippen LogP contribution in [0.25, 0.3) is 0 Å². The minimum Gasteiger partial charge on any atom is -0.480 e. The van der Waals surface area contributed by atoms with Gasteiger partial charge in [-0.3, -0.25) is 10.1 Å². The third-order valence-electron chi connectivity index (χ3n) is 2.46. The fraction of sp³-hybridized carbons (Fsp3) is 0.889. The molecule has 16 heavy (non-hydrogen) atoms. The minimum atomic E-state index is -4.13. The van der Waals surface area contributed by atoms with Gasteiger partial charge >= 0.3 is 12.1 Å². The van der Waals surface area contributed by atoms with E-state index >= 15 is 0 Å². The molecule has 0 aliphatic carbocycles. The van der Waals surface area contributed by atoms with Gasteiger partial charge in [0.15, 0.2) is 0 Å². The summed E-state index contributed by atoms with van der Waals surface area (Å²) in [4.78, 5) is 10.1. The molecule has 0 amide bonds. The van der Waals surface area contributed by atoms with E-state index in [1.807, 2.05) is 0 Å². The highest BCUT2D eigenvalue weighted by atomic mass is 32.2. The molecule has 1 rings (SSSR count). The van der Waals surface area contributed by atoms with Gasteiger partial charge in [0.05, 0.1) is 4.87 Å². The van der Waals surface area contributed by atoms with E-state index in [4.69, 9.17) is 5.11 Å². The summed E-state index contributed by atoms with van der Waals surface area (Å²) in [7, 11) is 0. The Morgan fingerprint density at radius 2 is 2.25 bits per heavy atom. The average molecular weight is 257 g/mol. The molecule has 2 N–H and O–H groups in total. The van der Waals surface area contributed by atoms with E-state index in [2.05, 4.69) is 5.32 Å². The summed E-state index contributed by atoms with van der Waals surface area (Å²) in [5, 5.41) is 11.6. The smallest absolute Gasteiger partial charge is 0.389 e. The Bertz CT molecular complexity index is 272. The molecule has 0 radical (unpaired) electrons. The molecular formula is C9H14F3NO2S. The number of alkyl halides is 3. The molecule has 1 aliphatic rings. The van der Waals surface area contributed by atoms with Crippen molar-refractivity contribution in [3.63, 3.8) is 0 Å². The molecule has 3 nitrogen and oxygen atoms in total. The quantitative estimate of drug-likeness (QED) is 0.810. The molecular weight excluding hydrogens is 243 g/mol. The summed E-state index contributed by atoms with van der Waals surface area (Å²) in [5.41, 5.74) is 0. The van der Waals surface area contributed by atoms with Crippen LogP contribution >= 0.6 is 11.8 Å². The first-order valence-electron chi connectivity index (χ1n) is 4.93. The summed E-state index contributed by atoms with van der Waals surface area (Å²) in [5.74, 6) is -0.551. The predicted molar refractivity (Wildman–Crippen MR) is 55.3 cm³/mol. The summed E-state index contributed by atoms with van der Waals surface area (Å²) in [6, 6.07) is -0.652. The number of halogens is 3. The maximum Gasteiger partial charge on any atom is 0.389 e. The molecule has 0 bridgehead atoms. The van der Waals surface area contributed by atoms with Crippen molar-refractivity contribution >= 4 is 17.7 Å². The van der Waals surface area contributed by atoms with Crippen LogP contribution in [0.3, 0.4) is 0 Å². The van der Waals surface area contributed by atoms with Crippen molar-refractivity contribution in [2.24, 2.45) is 0 Å². The average Bonchev–Trinajstić information content (AvgIpc) is 2.46. The summed E-state index contributed by atoms with van der Waals surface area (Å²) in [6.07, 6.45) is -4.61. The highest BCUT2D eigenvalue weighted by molar-refractivity contribution is 8.00. The van der Waals surface area contributed by atoms with Crippen molar-refractivity contribution in [3.05, 3.63) is 0 Å². The highest BCUT2D eigenvalue weighted by Crippen LogP contribution is 2.35. The molecule has 1 saturated heterocycles. The van der Waals surface area contributed by atoms with Crippen LogP contribution in [0.15, 0.2) is 0 Å². The maximum absolute atomic E-state index is 11.9. The van der Waals surface area contributed by atoms with Crippen LogP contribution in [0.2, 0.25) is 0 Å². The number of carboxylic acids is 1. The Morgan fingerprint density at radius 3 is 2.69 bits per heavy atom. The fourth-order valence-electron chi connectivity index (χ4n) is 1.62. The van der Waals surface area contributed by atoms with Crippen molar-refractivity contribution in [1.82, 2.24) is 5.32 Å². The van der Waals surface area contributed by atoms with Gasteiger partial charge in [0.2, 0.25) is 0 Å². The van der Waals surface area contributed by atoms with Gasteiger partial charge in [-0.15, -0.1) is 11.8 Å². The molecule has 2 atom stereocenters. The third-order valence-corrected chi connectivity index (χ3v) is 3.92. The van der Waals surface area contributed by atoms with Gasteiger partial charge < -0.3 is 5.11 Å². The van der Waals surface area contributed by atoms with Gasteiger partial charge in [-0.25, -0.2) is 0 Å². The lowest BCUT2D eigenvalue weighted by molar-refractivity contribution is -0.139. The molecule has 0 aromatic heterocycles. The zero-order valence-corrected chi connectivity index (χ0v) is 9.62. The zero-order valence-electron chi connectivity index (χ0n) is 8.80. The van der Waals surface area contributed by atoms with E-state index in [1.165, 1.54) is 11.8 Å². The first-order chi connectivity index (χ1) is 7.22. The van der Waals surface area contributed by atoms with Crippen molar-refractivity contribution < 1.29 is 23.1 Å². The number of aliphatic carboxylic acids is 1. The molecule has 0 aromatic carbocycles. The monoisotopic (exact) mass is 257 g/mol. The number of hydrogen-bond acceptors (Lipinski definition) is 3. The predicted octanol–water partition coefficient (Wildman–Crippen LogP) is 2.22. The zero-order chi connectivity index (χ0) is 12.4. The summed E-state index contributed by atoms with van der Waals surface area (Å²) < 4.78 is 35.8. The topological polar surface area (TPSA) is 49.3 Å². The Morgan fingerprint density at radius 1 is 1.62 bits per heavy atom. The van der Waals surface area contributed by atoms with E-state index < -0.39 is 29.5 Å². The van der Waals surface area contributed by atoms with Crippen LogP contribution in [-0.2, 0) is 4.79 Å². The SMILES string of the molecule is CC1(CCCC(F)(F)F)N[C@@H](C(=O)O)CS1. The van der Waals surface area contributed by atoms with Gasteiger partial charge in [0.1, 0.15) is 6.04 Å². The molecule has 0 aromatic rings. The highest BCUT2D eigenvalue weighted by Gasteiger charge is 2.38. The Hall–Kier alpha value is -0.430. The third kappa shape index (κ3) is 4.21. The van der Waals surface area contributed by atoms with Crippen molar-refractivity contribution in [3.8, 4) is 0 Å². The van der Waals surface area contributed by atoms with E-state index in [0.29, 0.717) is 12.2 Å². The van der Waals surface area contributed by atoms with Gasteiger partial charge in [-0.2, -0.15) is 13.2 Å². The number of nitrogens with one attached hydrogen (secondary N) is 1. The van der Waals surface area contributed by atoms with Crippen LogP contribution in [0, 0.1) is 0 Å². The lowest BCUT2D eigenvalue weighted by Crippen LogP contribution is -2.43. The first-order valence-corrected chi connectivity index (χ1v) is 5.92. The number of carboxylic acid groups (broad SMARTS) is 1. The second kappa shape index (κ2) is 4.83. The van der Waals surface area contributed by atoms with Crippen LogP contribution < -0.4 is 5.32 Å². The van der Waals surface area contributed by atoms with Crippen LogP contribution in [0.5, 0.6) is 0 Å². The standard InChI is InChI=1S/C9H14F3NO2S/c1-8(3-2-4-9(10,11)12)13-6(5-16-8)7(14)15/h6,13H,2-5H2,1H3,(H,14,15)/t6-,8?/m1/s1. The van der Waals surface area contributed by atoms with E-state index in [-0.39, 0.29) is 6.42 Å². The fourth-order valence-corrected chi connectivity index (χ4v) is 2.90. The molecule has 0 spiro atoms.